The summed E-state index contributed by atoms with van der Waals surface area (Å²) in [7, 11) is 2.17. The first kappa shape index (κ1) is 24.9. The van der Waals surface area contributed by atoms with Crippen LogP contribution in [0.25, 0.3) is 5.57 Å². The summed E-state index contributed by atoms with van der Waals surface area (Å²) in [5, 5.41) is 4.32. The monoisotopic (exact) mass is 525 g/mol. The van der Waals surface area contributed by atoms with Crippen molar-refractivity contribution < 1.29 is 4.74 Å². The van der Waals surface area contributed by atoms with E-state index < -0.39 is 0 Å². The Bertz CT molecular complexity index is 1360. The molecule has 4 heterocycles. The maximum atomic E-state index is 5.97. The summed E-state index contributed by atoms with van der Waals surface area (Å²) < 4.78 is 5.53. The fraction of sp³-hybridized carbons (Fsp3) is 0.355. The Kier molecular flexibility index (Phi) is 6.36. The molecule has 0 unspecified atom stereocenters. The van der Waals surface area contributed by atoms with Crippen LogP contribution in [0.5, 0.6) is 0 Å². The molecule has 6 nitrogen and oxygen atoms in total. The van der Waals surface area contributed by atoms with Crippen molar-refractivity contribution in [1.82, 2.24) is 10.3 Å². The zero-order valence-electron chi connectivity index (χ0n) is 22.5. The van der Waals surface area contributed by atoms with Crippen LogP contribution in [0.1, 0.15) is 49.7 Å². The number of hydrogen-bond donors (Lipinski definition) is 1. The van der Waals surface area contributed by atoms with Crippen LogP contribution < -0.4 is 20.0 Å². The highest BCUT2D eigenvalue weighted by atomic mass is 32.1. The first-order valence-electron chi connectivity index (χ1n) is 13.3. The molecule has 0 bridgehead atoms. The standard InChI is InChI=1S/C31H35N5OS/c1-21-20-31(2,3)34(4)27-13-8-22(19-25(21)27)29-28(26-7-5-6-14-32-26)33-30(38)36(29)24-11-9-23(10-12-24)35-15-17-37-18-16-35/h5-14,19-20,28-29H,15-18H2,1-4H3,(H,33,38)/t28-,29-/m1/s1. The lowest BCUT2D eigenvalue weighted by molar-refractivity contribution is 0.122. The molecule has 2 aromatic carbocycles. The van der Waals surface area contributed by atoms with Gasteiger partial charge in [0, 0.05) is 49.0 Å². The molecule has 7 heteroatoms. The van der Waals surface area contributed by atoms with Gasteiger partial charge in [0.05, 0.1) is 36.5 Å². The maximum absolute atomic E-state index is 5.97. The quantitative estimate of drug-likeness (QED) is 0.437. The highest BCUT2D eigenvalue weighted by Crippen LogP contribution is 2.45. The van der Waals surface area contributed by atoms with Crippen LogP contribution in [0, 0.1) is 0 Å². The van der Waals surface area contributed by atoms with Gasteiger partial charge >= 0.3 is 0 Å². The van der Waals surface area contributed by atoms with Gasteiger partial charge in [-0.05, 0) is 92.7 Å². The van der Waals surface area contributed by atoms with Crippen molar-refractivity contribution in [3.05, 3.63) is 89.8 Å². The zero-order valence-corrected chi connectivity index (χ0v) is 23.3. The number of nitrogens with one attached hydrogen (secondary N) is 1. The molecule has 1 aromatic heterocycles. The minimum atomic E-state index is -0.0669. The Morgan fingerprint density at radius 3 is 2.45 bits per heavy atom. The van der Waals surface area contributed by atoms with Crippen molar-refractivity contribution in [3.8, 4) is 0 Å². The van der Waals surface area contributed by atoms with Crippen LogP contribution in [0.4, 0.5) is 17.1 Å². The summed E-state index contributed by atoms with van der Waals surface area (Å²) in [4.78, 5) is 11.7. The van der Waals surface area contributed by atoms with Crippen molar-refractivity contribution >= 4 is 40.0 Å². The van der Waals surface area contributed by atoms with E-state index in [1.807, 2.05) is 18.3 Å². The lowest BCUT2D eigenvalue weighted by Crippen LogP contribution is -2.42. The summed E-state index contributed by atoms with van der Waals surface area (Å²) in [5.41, 5.74) is 8.28. The summed E-state index contributed by atoms with van der Waals surface area (Å²) in [6, 6.07) is 21.6. The van der Waals surface area contributed by atoms with Crippen LogP contribution >= 0.6 is 12.2 Å². The Hall–Kier alpha value is -3.42. The van der Waals surface area contributed by atoms with E-state index in [1.165, 1.54) is 28.1 Å². The number of ether oxygens (including phenoxy) is 1. The predicted molar refractivity (Wildman–Crippen MR) is 160 cm³/mol. The Balaban J connectivity index is 1.42. The van der Waals surface area contributed by atoms with E-state index in [-0.39, 0.29) is 17.6 Å². The summed E-state index contributed by atoms with van der Waals surface area (Å²) in [5.74, 6) is 0. The highest BCUT2D eigenvalue weighted by molar-refractivity contribution is 7.80. The van der Waals surface area contributed by atoms with Crippen molar-refractivity contribution in [3.63, 3.8) is 0 Å². The molecule has 2 atom stereocenters. The first-order valence-corrected chi connectivity index (χ1v) is 13.8. The van der Waals surface area contributed by atoms with E-state index in [9.17, 15) is 0 Å². The Morgan fingerprint density at radius 1 is 1.00 bits per heavy atom. The van der Waals surface area contributed by atoms with Crippen LogP contribution in [0.2, 0.25) is 0 Å². The van der Waals surface area contributed by atoms with Gasteiger partial charge in [-0.3, -0.25) is 4.98 Å². The van der Waals surface area contributed by atoms with Crippen molar-refractivity contribution in [2.45, 2.75) is 38.4 Å². The summed E-state index contributed by atoms with van der Waals surface area (Å²) >= 11 is 5.97. The van der Waals surface area contributed by atoms with Gasteiger partial charge in [-0.15, -0.1) is 0 Å². The molecular formula is C31H35N5OS. The average molecular weight is 526 g/mol. The lowest BCUT2D eigenvalue weighted by Gasteiger charge is -2.41. The second-order valence-electron chi connectivity index (χ2n) is 10.9. The van der Waals surface area contributed by atoms with Gasteiger partial charge in [0.15, 0.2) is 5.11 Å². The molecule has 6 rings (SSSR count). The molecule has 0 saturated carbocycles. The number of allylic oxidation sites excluding steroid dienone is 1. The van der Waals surface area contributed by atoms with Crippen LogP contribution in [0.3, 0.4) is 0 Å². The zero-order chi connectivity index (χ0) is 26.4. The molecule has 1 N–H and O–H groups in total. The van der Waals surface area contributed by atoms with E-state index in [1.54, 1.807) is 0 Å². The minimum absolute atomic E-state index is 0.0279. The molecule has 0 radical (unpaired) electrons. The fourth-order valence-electron chi connectivity index (χ4n) is 5.98. The fourth-order valence-corrected chi connectivity index (χ4v) is 6.32. The molecule has 0 spiro atoms. The van der Waals surface area contributed by atoms with Gasteiger partial charge in [-0.1, -0.05) is 18.2 Å². The average Bonchev–Trinajstić information content (AvgIpc) is 3.29. The van der Waals surface area contributed by atoms with Crippen LogP contribution in [-0.2, 0) is 4.74 Å². The predicted octanol–water partition coefficient (Wildman–Crippen LogP) is 5.73. The third kappa shape index (κ3) is 4.33. The van der Waals surface area contributed by atoms with E-state index in [0.29, 0.717) is 5.11 Å². The van der Waals surface area contributed by atoms with E-state index in [4.69, 9.17) is 21.9 Å². The number of anilines is 3. The largest absolute Gasteiger partial charge is 0.378 e. The van der Waals surface area contributed by atoms with Gasteiger partial charge in [0.25, 0.3) is 0 Å². The minimum Gasteiger partial charge on any atom is -0.378 e. The molecular weight excluding hydrogens is 490 g/mol. The van der Waals surface area contributed by atoms with E-state index >= 15 is 0 Å². The van der Waals surface area contributed by atoms with Gasteiger partial charge in [0.2, 0.25) is 0 Å². The highest BCUT2D eigenvalue weighted by Gasteiger charge is 2.41. The molecule has 0 amide bonds. The molecule has 0 aliphatic carbocycles. The number of benzene rings is 2. The normalized spacial score (nSPS) is 22.7. The lowest BCUT2D eigenvalue weighted by atomic mass is 9.86. The maximum Gasteiger partial charge on any atom is 0.174 e. The van der Waals surface area contributed by atoms with Gasteiger partial charge in [0.1, 0.15) is 0 Å². The van der Waals surface area contributed by atoms with Crippen molar-refractivity contribution in [2.24, 2.45) is 0 Å². The van der Waals surface area contributed by atoms with Crippen molar-refractivity contribution in [2.75, 3.05) is 48.1 Å². The first-order chi connectivity index (χ1) is 18.3. The van der Waals surface area contributed by atoms with Gasteiger partial charge in [-0.2, -0.15) is 0 Å². The number of hydrogen-bond acceptors (Lipinski definition) is 5. The van der Waals surface area contributed by atoms with Gasteiger partial charge < -0.3 is 24.8 Å². The number of morpholine rings is 1. The number of likely N-dealkylation sites (N-methyl/N-ethyl adjacent to an activating group) is 1. The number of thiocarbonyl (C=S) groups is 1. The topological polar surface area (TPSA) is 43.9 Å². The molecule has 3 aliphatic rings. The smallest absolute Gasteiger partial charge is 0.174 e. The molecule has 3 aliphatic heterocycles. The van der Waals surface area contributed by atoms with Gasteiger partial charge in [-0.25, -0.2) is 0 Å². The summed E-state index contributed by atoms with van der Waals surface area (Å²) in [6.45, 7) is 10.1. The Labute approximate surface area is 230 Å². The molecule has 3 aromatic rings. The van der Waals surface area contributed by atoms with E-state index in [0.717, 1.165) is 37.7 Å². The molecule has 2 saturated heterocycles. The number of nitrogens with zero attached hydrogens (tertiary/aromatic N) is 4. The second kappa shape index (κ2) is 9.71. The van der Waals surface area contributed by atoms with E-state index in [2.05, 4.69) is 102 Å². The van der Waals surface area contributed by atoms with Crippen LogP contribution in [0.15, 0.2) is 72.9 Å². The summed E-state index contributed by atoms with van der Waals surface area (Å²) in [6.07, 6.45) is 4.21. The molecule has 2 fully saturated rings. The molecule has 38 heavy (non-hydrogen) atoms. The SMILES string of the molecule is CC1=CC(C)(C)N(C)c2ccc([C@@H]3[C@@H](c4ccccn4)NC(=S)N3c3ccc(N4CCOCC4)cc3)cc21. The number of pyridine rings is 1. The third-order valence-corrected chi connectivity index (χ3v) is 8.50. The van der Waals surface area contributed by atoms with Crippen molar-refractivity contribution in [1.29, 1.82) is 0 Å². The Morgan fingerprint density at radius 2 is 1.74 bits per heavy atom. The number of fused-ring (bicyclic) bond motifs is 1. The number of rotatable bonds is 4. The number of aromatic nitrogens is 1. The third-order valence-electron chi connectivity index (χ3n) is 8.18. The molecule has 196 valence electrons. The van der Waals surface area contributed by atoms with Crippen LogP contribution in [-0.4, -0.2) is 49.0 Å². The second-order valence-corrected chi connectivity index (χ2v) is 11.3.